The van der Waals surface area contributed by atoms with Crippen LogP contribution < -0.4 is 9.46 Å². The SMILES string of the molecule is COc1c(Br)cc(Cl)cc1S(=O)(=O)NCC(C)OC. The molecule has 19 heavy (non-hydrogen) atoms. The smallest absolute Gasteiger partial charge is 0.244 e. The number of benzene rings is 1. The topological polar surface area (TPSA) is 64.6 Å². The first-order valence-corrected chi connectivity index (χ1v) is 8.02. The second-order valence-corrected chi connectivity index (χ2v) is 6.84. The molecule has 108 valence electrons. The Morgan fingerprint density at radius 1 is 1.42 bits per heavy atom. The maximum absolute atomic E-state index is 12.2. The molecule has 0 fully saturated rings. The Bertz CT molecular complexity index is 550. The Morgan fingerprint density at radius 2 is 2.05 bits per heavy atom. The molecule has 0 heterocycles. The third-order valence-corrected chi connectivity index (χ3v) is 4.67. The van der Waals surface area contributed by atoms with Crippen molar-refractivity contribution < 1.29 is 17.9 Å². The summed E-state index contributed by atoms with van der Waals surface area (Å²) in [5.74, 6) is 0.210. The van der Waals surface area contributed by atoms with E-state index in [1.165, 1.54) is 20.3 Å². The number of hydrogen-bond donors (Lipinski definition) is 1. The molecule has 0 aromatic heterocycles. The van der Waals surface area contributed by atoms with Crippen LogP contribution in [0, 0.1) is 0 Å². The lowest BCUT2D eigenvalue weighted by Crippen LogP contribution is -2.31. The normalized spacial score (nSPS) is 13.3. The Hall–Kier alpha value is -0.340. The zero-order valence-corrected chi connectivity index (χ0v) is 13.9. The zero-order valence-electron chi connectivity index (χ0n) is 10.7. The second-order valence-electron chi connectivity index (χ2n) is 3.82. The molecule has 0 bridgehead atoms. The van der Waals surface area contributed by atoms with Gasteiger partial charge in [-0.25, -0.2) is 13.1 Å². The maximum atomic E-state index is 12.2. The van der Waals surface area contributed by atoms with Crippen LogP contribution in [-0.4, -0.2) is 35.3 Å². The van der Waals surface area contributed by atoms with Crippen LogP contribution in [0.25, 0.3) is 0 Å². The predicted octanol–water partition coefficient (Wildman–Crippen LogP) is 2.42. The number of methoxy groups -OCH3 is 2. The van der Waals surface area contributed by atoms with Gasteiger partial charge in [0.25, 0.3) is 0 Å². The molecule has 1 aromatic carbocycles. The molecule has 0 aliphatic heterocycles. The minimum atomic E-state index is -3.72. The van der Waals surface area contributed by atoms with Crippen molar-refractivity contribution in [2.24, 2.45) is 0 Å². The lowest BCUT2D eigenvalue weighted by molar-refractivity contribution is 0.122. The van der Waals surface area contributed by atoms with Gasteiger partial charge in [-0.05, 0) is 35.0 Å². The van der Waals surface area contributed by atoms with Gasteiger partial charge in [0.05, 0.1) is 17.7 Å². The van der Waals surface area contributed by atoms with E-state index in [2.05, 4.69) is 20.7 Å². The summed E-state index contributed by atoms with van der Waals surface area (Å²) in [6.07, 6.45) is -0.233. The molecule has 0 saturated carbocycles. The van der Waals surface area contributed by atoms with E-state index in [-0.39, 0.29) is 23.3 Å². The van der Waals surface area contributed by atoms with Gasteiger partial charge in [0.1, 0.15) is 4.90 Å². The molecule has 0 amide bonds. The highest BCUT2D eigenvalue weighted by atomic mass is 79.9. The molecule has 1 atom stereocenters. The Labute approximate surface area is 126 Å². The number of hydrogen-bond acceptors (Lipinski definition) is 4. The van der Waals surface area contributed by atoms with E-state index in [9.17, 15) is 8.42 Å². The van der Waals surface area contributed by atoms with Gasteiger partial charge in [0.15, 0.2) is 5.75 Å². The largest absolute Gasteiger partial charge is 0.494 e. The number of nitrogens with one attached hydrogen (secondary N) is 1. The number of rotatable bonds is 6. The van der Waals surface area contributed by atoms with E-state index in [1.54, 1.807) is 13.0 Å². The standard InChI is InChI=1S/C11H15BrClNO4S/c1-7(17-2)6-14-19(15,16)10-5-8(13)4-9(12)11(10)18-3/h4-5,7,14H,6H2,1-3H3. The Morgan fingerprint density at radius 3 is 2.58 bits per heavy atom. The van der Waals surface area contributed by atoms with Crippen molar-refractivity contribution in [3.63, 3.8) is 0 Å². The predicted molar refractivity (Wildman–Crippen MR) is 77.4 cm³/mol. The monoisotopic (exact) mass is 371 g/mol. The molecule has 0 aliphatic rings. The summed E-state index contributed by atoms with van der Waals surface area (Å²) in [7, 11) is -0.820. The van der Waals surface area contributed by atoms with Crippen LogP contribution in [0.4, 0.5) is 0 Å². The van der Waals surface area contributed by atoms with Gasteiger partial charge in [0.2, 0.25) is 10.0 Å². The van der Waals surface area contributed by atoms with Crippen LogP contribution in [0.3, 0.4) is 0 Å². The fraction of sp³-hybridized carbons (Fsp3) is 0.455. The van der Waals surface area contributed by atoms with Crippen LogP contribution >= 0.6 is 27.5 Å². The first kappa shape index (κ1) is 16.7. The summed E-state index contributed by atoms with van der Waals surface area (Å²) >= 11 is 9.09. The summed E-state index contributed by atoms with van der Waals surface area (Å²) in [4.78, 5) is -0.0160. The number of halogens is 2. The quantitative estimate of drug-likeness (QED) is 0.833. The van der Waals surface area contributed by atoms with Gasteiger partial charge in [0, 0.05) is 18.7 Å². The first-order valence-electron chi connectivity index (χ1n) is 5.37. The van der Waals surface area contributed by atoms with E-state index in [1.807, 2.05) is 0 Å². The van der Waals surface area contributed by atoms with Crippen LogP contribution in [0.15, 0.2) is 21.5 Å². The van der Waals surface area contributed by atoms with Crippen molar-refractivity contribution in [1.29, 1.82) is 0 Å². The number of sulfonamides is 1. The molecule has 1 unspecified atom stereocenters. The third-order valence-electron chi connectivity index (χ3n) is 2.43. The molecule has 0 spiro atoms. The van der Waals surface area contributed by atoms with Gasteiger partial charge in [-0.3, -0.25) is 0 Å². The molecule has 1 N–H and O–H groups in total. The van der Waals surface area contributed by atoms with Crippen LogP contribution in [0.1, 0.15) is 6.92 Å². The van der Waals surface area contributed by atoms with Gasteiger partial charge >= 0.3 is 0 Å². The minimum absolute atomic E-state index is 0.0160. The van der Waals surface area contributed by atoms with E-state index >= 15 is 0 Å². The van der Waals surface area contributed by atoms with Crippen LogP contribution in [0.5, 0.6) is 5.75 Å². The summed E-state index contributed by atoms with van der Waals surface area (Å²) in [6, 6.07) is 2.90. The van der Waals surface area contributed by atoms with Crippen molar-refractivity contribution in [3.05, 3.63) is 21.6 Å². The summed E-state index contributed by atoms with van der Waals surface area (Å²) in [5, 5.41) is 0.299. The lowest BCUT2D eigenvalue weighted by atomic mass is 10.3. The Kier molecular flexibility index (Phi) is 6.07. The molecule has 0 aliphatic carbocycles. The van der Waals surface area contributed by atoms with Crippen molar-refractivity contribution >= 4 is 37.6 Å². The van der Waals surface area contributed by atoms with Gasteiger partial charge < -0.3 is 9.47 Å². The average Bonchev–Trinajstić information content (AvgIpc) is 2.35. The lowest BCUT2D eigenvalue weighted by Gasteiger charge is -2.14. The van der Waals surface area contributed by atoms with E-state index < -0.39 is 10.0 Å². The minimum Gasteiger partial charge on any atom is -0.494 e. The van der Waals surface area contributed by atoms with Gasteiger partial charge in [-0.2, -0.15) is 0 Å². The number of ether oxygens (including phenoxy) is 2. The molecular weight excluding hydrogens is 358 g/mol. The van der Waals surface area contributed by atoms with E-state index in [4.69, 9.17) is 21.1 Å². The summed E-state index contributed by atoms with van der Waals surface area (Å²) in [5.41, 5.74) is 0. The molecule has 8 heteroatoms. The zero-order chi connectivity index (χ0) is 14.6. The molecular formula is C11H15BrClNO4S. The van der Waals surface area contributed by atoms with Crippen molar-refractivity contribution in [3.8, 4) is 5.75 Å². The van der Waals surface area contributed by atoms with Crippen LogP contribution in [-0.2, 0) is 14.8 Å². The Balaban J connectivity index is 3.14. The van der Waals surface area contributed by atoms with Crippen molar-refractivity contribution in [2.45, 2.75) is 17.9 Å². The second kappa shape index (κ2) is 6.90. The molecule has 5 nitrogen and oxygen atoms in total. The fourth-order valence-corrected chi connectivity index (χ4v) is 3.82. The average molecular weight is 373 g/mol. The highest BCUT2D eigenvalue weighted by Crippen LogP contribution is 2.35. The molecule has 1 rings (SSSR count). The highest BCUT2D eigenvalue weighted by molar-refractivity contribution is 9.10. The summed E-state index contributed by atoms with van der Waals surface area (Å²) in [6.45, 7) is 1.92. The third kappa shape index (κ3) is 4.32. The fourth-order valence-electron chi connectivity index (χ4n) is 1.32. The van der Waals surface area contributed by atoms with Crippen molar-refractivity contribution in [1.82, 2.24) is 4.72 Å². The van der Waals surface area contributed by atoms with E-state index in [0.717, 1.165) is 0 Å². The first-order chi connectivity index (χ1) is 8.81. The van der Waals surface area contributed by atoms with E-state index in [0.29, 0.717) is 9.50 Å². The molecule has 0 saturated heterocycles. The van der Waals surface area contributed by atoms with Crippen LogP contribution in [0.2, 0.25) is 5.02 Å². The molecule has 0 radical (unpaired) electrons. The van der Waals surface area contributed by atoms with Gasteiger partial charge in [-0.1, -0.05) is 11.6 Å². The molecule has 1 aromatic rings. The van der Waals surface area contributed by atoms with Crippen molar-refractivity contribution in [2.75, 3.05) is 20.8 Å². The van der Waals surface area contributed by atoms with Gasteiger partial charge in [-0.15, -0.1) is 0 Å². The summed E-state index contributed by atoms with van der Waals surface area (Å²) < 4.78 is 37.4. The highest BCUT2D eigenvalue weighted by Gasteiger charge is 2.22. The maximum Gasteiger partial charge on any atom is 0.244 e.